The largest absolute Gasteiger partial charge is 0.496 e. The monoisotopic (exact) mass is 401 g/mol. The van der Waals surface area contributed by atoms with E-state index in [4.69, 9.17) is 13.9 Å². The number of methoxy groups -OCH3 is 2. The predicted molar refractivity (Wildman–Crippen MR) is 109 cm³/mol. The van der Waals surface area contributed by atoms with E-state index in [9.17, 15) is 4.79 Å². The Balaban J connectivity index is 1.49. The van der Waals surface area contributed by atoms with E-state index in [1.54, 1.807) is 14.2 Å². The molecule has 29 heavy (non-hydrogen) atoms. The fourth-order valence-electron chi connectivity index (χ4n) is 3.88. The number of aryl methyl sites for hydroxylation is 3. The molecule has 1 amide bonds. The Morgan fingerprint density at radius 2 is 1.93 bits per heavy atom. The van der Waals surface area contributed by atoms with Crippen molar-refractivity contribution in [2.75, 3.05) is 27.4 Å². The topological polar surface area (TPSA) is 77.7 Å². The number of benzene rings is 1. The first kappa shape index (κ1) is 21.3. The van der Waals surface area contributed by atoms with Gasteiger partial charge in [0.1, 0.15) is 5.75 Å². The molecule has 7 heteroatoms. The number of hydrogen-bond acceptors (Lipinski definition) is 6. The molecule has 0 bridgehead atoms. The Hall–Kier alpha value is -2.41. The maximum Gasteiger partial charge on any atom is 0.223 e. The number of hydrogen-bond donors (Lipinski definition) is 0. The first-order chi connectivity index (χ1) is 14.2. The zero-order valence-electron chi connectivity index (χ0n) is 17.4. The van der Waals surface area contributed by atoms with E-state index < -0.39 is 0 Å². The quantitative estimate of drug-likeness (QED) is 0.608. The van der Waals surface area contributed by atoms with Gasteiger partial charge in [0.2, 0.25) is 17.7 Å². The highest BCUT2D eigenvalue weighted by Gasteiger charge is 2.26. The number of aromatic nitrogens is 2. The van der Waals surface area contributed by atoms with Crippen molar-refractivity contribution in [3.63, 3.8) is 0 Å². The molecule has 1 atom stereocenters. The second kappa shape index (κ2) is 11.0. The van der Waals surface area contributed by atoms with Crippen LogP contribution in [0.2, 0.25) is 0 Å². The van der Waals surface area contributed by atoms with Gasteiger partial charge in [0.25, 0.3) is 0 Å². The molecule has 1 aliphatic rings. The number of para-hydroxylation sites is 1. The van der Waals surface area contributed by atoms with E-state index in [-0.39, 0.29) is 11.9 Å². The Bertz CT molecular complexity index is 777. The molecule has 0 N–H and O–H groups in total. The van der Waals surface area contributed by atoms with Crippen LogP contribution >= 0.6 is 0 Å². The summed E-state index contributed by atoms with van der Waals surface area (Å²) < 4.78 is 16.3. The second-order valence-electron chi connectivity index (χ2n) is 7.42. The molecule has 0 radical (unpaired) electrons. The third-order valence-corrected chi connectivity index (χ3v) is 5.46. The number of rotatable bonds is 10. The summed E-state index contributed by atoms with van der Waals surface area (Å²) in [6, 6.07) is 8.21. The van der Waals surface area contributed by atoms with Gasteiger partial charge in [-0.2, -0.15) is 0 Å². The number of piperidine rings is 1. The van der Waals surface area contributed by atoms with Crippen LogP contribution in [0.25, 0.3) is 0 Å². The predicted octanol–water partition coefficient (Wildman–Crippen LogP) is 3.21. The minimum atomic E-state index is 0.166. The molecule has 3 rings (SSSR count). The number of carbonyl (C=O) groups is 1. The minimum Gasteiger partial charge on any atom is -0.496 e. The summed E-state index contributed by atoms with van der Waals surface area (Å²) in [6.45, 7) is 1.52. The lowest BCUT2D eigenvalue weighted by Crippen LogP contribution is -2.44. The van der Waals surface area contributed by atoms with Gasteiger partial charge in [-0.3, -0.25) is 4.79 Å². The Morgan fingerprint density at radius 3 is 2.72 bits per heavy atom. The van der Waals surface area contributed by atoms with E-state index in [1.807, 2.05) is 29.2 Å². The van der Waals surface area contributed by atoms with E-state index in [0.717, 1.165) is 43.5 Å². The lowest BCUT2D eigenvalue weighted by molar-refractivity contribution is -0.135. The number of carbonyl (C=O) groups excluding carboxylic acids is 1. The van der Waals surface area contributed by atoms with Gasteiger partial charge in [-0.15, -0.1) is 10.2 Å². The molecule has 0 saturated carbocycles. The molecule has 1 aromatic carbocycles. The number of likely N-dealkylation sites (tertiary alicyclic amines) is 1. The SMILES string of the molecule is COCC[C@H]1CCCCN1C(=O)CCc1nnc(CCc2ccccc2OC)o1. The van der Waals surface area contributed by atoms with Crippen LogP contribution in [0, 0.1) is 0 Å². The maximum atomic E-state index is 12.7. The fourth-order valence-corrected chi connectivity index (χ4v) is 3.88. The van der Waals surface area contributed by atoms with E-state index >= 15 is 0 Å². The molecular formula is C22H31N3O4. The number of ether oxygens (including phenoxy) is 2. The van der Waals surface area contributed by atoms with E-state index in [2.05, 4.69) is 10.2 Å². The smallest absolute Gasteiger partial charge is 0.223 e. The molecule has 2 heterocycles. The van der Waals surface area contributed by atoms with Crippen LogP contribution in [-0.4, -0.2) is 54.4 Å². The first-order valence-corrected chi connectivity index (χ1v) is 10.4. The van der Waals surface area contributed by atoms with Gasteiger partial charge in [0, 0.05) is 45.6 Å². The molecule has 7 nitrogen and oxygen atoms in total. The van der Waals surface area contributed by atoms with Gasteiger partial charge in [-0.25, -0.2) is 0 Å². The Labute approximate surface area is 172 Å². The Kier molecular flexibility index (Phi) is 8.04. The molecule has 0 aliphatic carbocycles. The zero-order valence-corrected chi connectivity index (χ0v) is 17.4. The van der Waals surface area contributed by atoms with Crippen LogP contribution in [-0.2, 0) is 28.8 Å². The van der Waals surface area contributed by atoms with Crippen LogP contribution in [0.5, 0.6) is 5.75 Å². The molecule has 158 valence electrons. The average Bonchev–Trinajstić information content (AvgIpc) is 3.23. The molecule has 0 spiro atoms. The molecular weight excluding hydrogens is 370 g/mol. The lowest BCUT2D eigenvalue weighted by Gasteiger charge is -2.35. The third kappa shape index (κ3) is 6.03. The standard InChI is InChI=1S/C22H31N3O4/c1-27-16-14-18-8-5-6-15-25(18)22(26)13-12-21-24-23-20(29-21)11-10-17-7-3-4-9-19(17)28-2/h3-4,7,9,18H,5-6,8,10-16H2,1-2H3/t18-/m1/s1. The van der Waals surface area contributed by atoms with Gasteiger partial charge in [-0.05, 0) is 43.7 Å². The van der Waals surface area contributed by atoms with Crippen molar-refractivity contribution in [2.45, 2.75) is 57.4 Å². The third-order valence-electron chi connectivity index (χ3n) is 5.46. The summed E-state index contributed by atoms with van der Waals surface area (Å²) in [5.41, 5.74) is 1.11. The Morgan fingerprint density at radius 1 is 1.14 bits per heavy atom. The molecule has 1 aliphatic heterocycles. The highest BCUT2D eigenvalue weighted by molar-refractivity contribution is 5.76. The van der Waals surface area contributed by atoms with E-state index in [0.29, 0.717) is 37.7 Å². The second-order valence-corrected chi connectivity index (χ2v) is 7.42. The van der Waals surface area contributed by atoms with Crippen molar-refractivity contribution in [3.8, 4) is 5.75 Å². The van der Waals surface area contributed by atoms with Crippen molar-refractivity contribution >= 4 is 5.91 Å². The van der Waals surface area contributed by atoms with Crippen molar-refractivity contribution in [2.24, 2.45) is 0 Å². The van der Waals surface area contributed by atoms with Gasteiger partial charge >= 0.3 is 0 Å². The van der Waals surface area contributed by atoms with Gasteiger partial charge < -0.3 is 18.8 Å². The molecule has 1 saturated heterocycles. The number of amides is 1. The maximum absolute atomic E-state index is 12.7. The molecule has 1 fully saturated rings. The minimum absolute atomic E-state index is 0.166. The summed E-state index contributed by atoms with van der Waals surface area (Å²) in [5, 5.41) is 8.25. The first-order valence-electron chi connectivity index (χ1n) is 10.4. The highest BCUT2D eigenvalue weighted by atomic mass is 16.5. The van der Waals surface area contributed by atoms with Crippen LogP contribution in [0.15, 0.2) is 28.7 Å². The van der Waals surface area contributed by atoms with Gasteiger partial charge in [-0.1, -0.05) is 18.2 Å². The highest BCUT2D eigenvalue weighted by Crippen LogP contribution is 2.22. The van der Waals surface area contributed by atoms with Crippen LogP contribution in [0.3, 0.4) is 0 Å². The van der Waals surface area contributed by atoms with Crippen LogP contribution in [0.1, 0.15) is 49.4 Å². The summed E-state index contributed by atoms with van der Waals surface area (Å²) in [7, 11) is 3.37. The summed E-state index contributed by atoms with van der Waals surface area (Å²) >= 11 is 0. The molecule has 1 aromatic heterocycles. The normalized spacial score (nSPS) is 16.8. The van der Waals surface area contributed by atoms with Crippen molar-refractivity contribution in [1.29, 1.82) is 0 Å². The summed E-state index contributed by atoms with van der Waals surface area (Å²) in [6.07, 6.45) is 6.50. The van der Waals surface area contributed by atoms with Crippen molar-refractivity contribution < 1.29 is 18.7 Å². The average molecular weight is 402 g/mol. The molecule has 0 unspecified atom stereocenters. The van der Waals surface area contributed by atoms with E-state index in [1.165, 1.54) is 6.42 Å². The molecule has 2 aromatic rings. The van der Waals surface area contributed by atoms with Crippen molar-refractivity contribution in [1.82, 2.24) is 15.1 Å². The lowest BCUT2D eigenvalue weighted by atomic mass is 9.99. The number of nitrogens with zero attached hydrogens (tertiary/aromatic N) is 3. The van der Waals surface area contributed by atoms with Crippen LogP contribution < -0.4 is 4.74 Å². The fraction of sp³-hybridized carbons (Fsp3) is 0.591. The van der Waals surface area contributed by atoms with Crippen molar-refractivity contribution in [3.05, 3.63) is 41.6 Å². The summed E-state index contributed by atoms with van der Waals surface area (Å²) in [4.78, 5) is 14.7. The zero-order chi connectivity index (χ0) is 20.5. The van der Waals surface area contributed by atoms with Crippen LogP contribution in [0.4, 0.5) is 0 Å². The van der Waals surface area contributed by atoms with Gasteiger partial charge in [0.05, 0.1) is 7.11 Å². The van der Waals surface area contributed by atoms with Gasteiger partial charge in [0.15, 0.2) is 0 Å². The summed E-state index contributed by atoms with van der Waals surface area (Å²) in [5.74, 6) is 2.15.